The molecule has 6 heteroatoms. The molecule has 2 atom stereocenters. The first-order chi connectivity index (χ1) is 15.5. The number of aliphatic hydroxyl groups is 2. The molecular weight excluding hydrogens is 404 g/mol. The van der Waals surface area contributed by atoms with Gasteiger partial charge in [0.2, 0.25) is 0 Å². The topological polar surface area (TPSA) is 83.0 Å². The maximum absolute atomic E-state index is 10.2. The van der Waals surface area contributed by atoms with E-state index < -0.39 is 12.2 Å². The summed E-state index contributed by atoms with van der Waals surface area (Å²) in [5.74, 6) is 1.65. The Labute approximate surface area is 192 Å². The normalized spacial score (nSPS) is 20.5. The molecule has 3 rings (SSSR count). The van der Waals surface area contributed by atoms with E-state index in [1.165, 1.54) is 0 Å². The number of aliphatic hydroxyl groups excluding tert-OH is 2. The lowest BCUT2D eigenvalue weighted by Crippen LogP contribution is -2.45. The zero-order valence-corrected chi connectivity index (χ0v) is 19.3. The van der Waals surface area contributed by atoms with Gasteiger partial charge < -0.3 is 30.3 Å². The summed E-state index contributed by atoms with van der Waals surface area (Å²) in [7, 11) is 0. The summed E-state index contributed by atoms with van der Waals surface area (Å²) in [4.78, 5) is 0. The van der Waals surface area contributed by atoms with Crippen LogP contribution in [0.15, 0.2) is 48.5 Å². The van der Waals surface area contributed by atoms with Gasteiger partial charge in [-0.2, -0.15) is 0 Å². The first kappa shape index (κ1) is 24.5. The van der Waals surface area contributed by atoms with E-state index in [1.54, 1.807) is 0 Å². The zero-order valence-electron chi connectivity index (χ0n) is 19.3. The van der Waals surface area contributed by atoms with Crippen LogP contribution in [-0.2, 0) is 0 Å². The van der Waals surface area contributed by atoms with Gasteiger partial charge >= 0.3 is 0 Å². The molecule has 1 aliphatic rings. The molecule has 1 fully saturated rings. The van der Waals surface area contributed by atoms with Crippen LogP contribution in [0.5, 0.6) is 11.5 Å². The third-order valence-corrected chi connectivity index (χ3v) is 6.06. The van der Waals surface area contributed by atoms with Gasteiger partial charge in [0.15, 0.2) is 0 Å². The second-order valence-electron chi connectivity index (χ2n) is 8.83. The van der Waals surface area contributed by atoms with Crippen LogP contribution in [0.25, 0.3) is 0 Å². The Balaban J connectivity index is 1.25. The van der Waals surface area contributed by atoms with Gasteiger partial charge in [-0.15, -0.1) is 0 Å². The molecule has 32 heavy (non-hydrogen) atoms. The minimum absolute atomic E-state index is 0.289. The predicted molar refractivity (Wildman–Crippen MR) is 127 cm³/mol. The van der Waals surface area contributed by atoms with E-state index in [0.717, 1.165) is 48.3 Å². The van der Waals surface area contributed by atoms with Crippen molar-refractivity contribution in [1.29, 1.82) is 0 Å². The third-order valence-electron chi connectivity index (χ3n) is 6.06. The van der Waals surface area contributed by atoms with Crippen molar-refractivity contribution in [3.8, 4) is 11.5 Å². The molecule has 0 aromatic heterocycles. The SMILES string of the molecule is Cc1ccccc1OC[C@H](O)CNC1CCC(NC[C@H](O)COc2ccccc2C)CC1. The van der Waals surface area contributed by atoms with E-state index in [-0.39, 0.29) is 13.2 Å². The second kappa shape index (κ2) is 12.8. The van der Waals surface area contributed by atoms with E-state index >= 15 is 0 Å². The summed E-state index contributed by atoms with van der Waals surface area (Å²) in [6.45, 7) is 5.65. The highest BCUT2D eigenvalue weighted by Crippen LogP contribution is 2.20. The van der Waals surface area contributed by atoms with Crippen LogP contribution in [0.1, 0.15) is 36.8 Å². The highest BCUT2D eigenvalue weighted by Gasteiger charge is 2.22. The molecule has 0 unspecified atom stereocenters. The van der Waals surface area contributed by atoms with Gasteiger partial charge in [-0.25, -0.2) is 0 Å². The minimum Gasteiger partial charge on any atom is -0.491 e. The molecule has 1 aliphatic carbocycles. The van der Waals surface area contributed by atoms with Crippen LogP contribution in [0, 0.1) is 13.8 Å². The highest BCUT2D eigenvalue weighted by molar-refractivity contribution is 5.32. The summed E-state index contributed by atoms with van der Waals surface area (Å²) in [5.41, 5.74) is 2.15. The molecule has 4 N–H and O–H groups in total. The van der Waals surface area contributed by atoms with Gasteiger partial charge in [0.25, 0.3) is 0 Å². The number of hydrogen-bond donors (Lipinski definition) is 4. The van der Waals surface area contributed by atoms with E-state index in [4.69, 9.17) is 9.47 Å². The van der Waals surface area contributed by atoms with E-state index in [2.05, 4.69) is 10.6 Å². The van der Waals surface area contributed by atoms with Gasteiger partial charge in [-0.05, 0) is 62.8 Å². The van der Waals surface area contributed by atoms with Crippen LogP contribution in [0.3, 0.4) is 0 Å². The Kier molecular flexibility index (Phi) is 9.81. The molecule has 0 radical (unpaired) electrons. The number of hydrogen-bond acceptors (Lipinski definition) is 6. The fourth-order valence-electron chi connectivity index (χ4n) is 4.03. The smallest absolute Gasteiger partial charge is 0.122 e. The predicted octanol–water partition coefficient (Wildman–Crippen LogP) is 2.97. The molecule has 0 heterocycles. The first-order valence-electron chi connectivity index (χ1n) is 11.7. The van der Waals surface area contributed by atoms with Gasteiger partial charge in [0.1, 0.15) is 36.9 Å². The second-order valence-corrected chi connectivity index (χ2v) is 8.83. The molecule has 2 aromatic carbocycles. The van der Waals surface area contributed by atoms with E-state index in [9.17, 15) is 10.2 Å². The van der Waals surface area contributed by atoms with Gasteiger partial charge in [-0.1, -0.05) is 36.4 Å². The Morgan fingerprint density at radius 2 is 1.09 bits per heavy atom. The molecule has 0 spiro atoms. The number of aryl methyl sites for hydroxylation is 2. The Hall–Kier alpha value is -2.12. The fourth-order valence-corrected chi connectivity index (χ4v) is 4.03. The molecule has 6 nitrogen and oxygen atoms in total. The maximum Gasteiger partial charge on any atom is 0.122 e. The molecule has 0 amide bonds. The van der Waals surface area contributed by atoms with Crippen LogP contribution in [-0.4, -0.2) is 60.8 Å². The first-order valence-corrected chi connectivity index (χ1v) is 11.7. The van der Waals surface area contributed by atoms with E-state index in [0.29, 0.717) is 25.2 Å². The minimum atomic E-state index is -0.533. The standard InChI is InChI=1S/C26H38N2O4/c1-19-7-3-5-9-25(19)31-17-23(29)15-27-21-11-13-22(14-12-21)28-16-24(30)18-32-26-10-6-4-8-20(26)2/h3-10,21-24,27-30H,11-18H2,1-2H3/t21?,22?,23-,24+. The average molecular weight is 443 g/mol. The summed E-state index contributed by atoms with van der Waals surface area (Å²) < 4.78 is 11.5. The fraction of sp³-hybridized carbons (Fsp3) is 0.538. The maximum atomic E-state index is 10.2. The highest BCUT2D eigenvalue weighted by atomic mass is 16.5. The summed E-state index contributed by atoms with van der Waals surface area (Å²) in [6, 6.07) is 16.5. The van der Waals surface area contributed by atoms with Crippen molar-refractivity contribution in [2.45, 2.75) is 63.8 Å². The van der Waals surface area contributed by atoms with Crippen LogP contribution in [0.2, 0.25) is 0 Å². The molecule has 0 aliphatic heterocycles. The summed E-state index contributed by atoms with van der Waals surface area (Å²) in [5, 5.41) is 27.4. The van der Waals surface area contributed by atoms with Crippen LogP contribution < -0.4 is 20.1 Å². The van der Waals surface area contributed by atoms with Crippen LogP contribution in [0.4, 0.5) is 0 Å². The lowest BCUT2D eigenvalue weighted by Gasteiger charge is -2.31. The largest absolute Gasteiger partial charge is 0.491 e. The van der Waals surface area contributed by atoms with Crippen LogP contribution >= 0.6 is 0 Å². The lowest BCUT2D eigenvalue weighted by atomic mass is 9.91. The average Bonchev–Trinajstić information content (AvgIpc) is 2.81. The number of ether oxygens (including phenoxy) is 2. The van der Waals surface area contributed by atoms with Crippen molar-refractivity contribution < 1.29 is 19.7 Å². The molecule has 0 bridgehead atoms. The monoisotopic (exact) mass is 442 g/mol. The van der Waals surface area contributed by atoms with Crippen molar-refractivity contribution in [2.24, 2.45) is 0 Å². The quantitative estimate of drug-likeness (QED) is 0.405. The van der Waals surface area contributed by atoms with Gasteiger partial charge in [0.05, 0.1) is 0 Å². The van der Waals surface area contributed by atoms with Gasteiger partial charge in [0, 0.05) is 25.2 Å². The zero-order chi connectivity index (χ0) is 22.8. The Morgan fingerprint density at radius 3 is 1.47 bits per heavy atom. The number of rotatable bonds is 12. The van der Waals surface area contributed by atoms with Crippen molar-refractivity contribution in [3.63, 3.8) is 0 Å². The summed E-state index contributed by atoms with van der Waals surface area (Å²) >= 11 is 0. The van der Waals surface area contributed by atoms with Gasteiger partial charge in [-0.3, -0.25) is 0 Å². The van der Waals surface area contributed by atoms with Crippen molar-refractivity contribution in [3.05, 3.63) is 59.7 Å². The van der Waals surface area contributed by atoms with E-state index in [1.807, 2.05) is 62.4 Å². The molecule has 1 saturated carbocycles. The lowest BCUT2D eigenvalue weighted by molar-refractivity contribution is 0.0962. The number of para-hydroxylation sites is 2. The summed E-state index contributed by atoms with van der Waals surface area (Å²) in [6.07, 6.45) is 3.15. The van der Waals surface area contributed by atoms with Crippen molar-refractivity contribution in [1.82, 2.24) is 10.6 Å². The molecule has 2 aromatic rings. The molecule has 176 valence electrons. The molecular formula is C26H38N2O4. The Morgan fingerprint density at radius 1 is 0.719 bits per heavy atom. The van der Waals surface area contributed by atoms with Crippen molar-refractivity contribution >= 4 is 0 Å². The Bertz CT molecular complexity index is 740. The number of nitrogens with one attached hydrogen (secondary N) is 2. The number of benzene rings is 2. The third kappa shape index (κ3) is 8.10. The molecule has 0 saturated heterocycles. The van der Waals surface area contributed by atoms with Crippen molar-refractivity contribution in [2.75, 3.05) is 26.3 Å².